The Hall–Kier alpha value is -4.57. The normalized spacial score (nSPS) is 14.8. The van der Waals surface area contributed by atoms with E-state index in [2.05, 4.69) is 11.8 Å². The van der Waals surface area contributed by atoms with Gasteiger partial charge in [0.2, 0.25) is 5.91 Å². The lowest BCUT2D eigenvalue weighted by molar-refractivity contribution is -0.385. The number of benzene rings is 3. The van der Waals surface area contributed by atoms with E-state index in [1.54, 1.807) is 24.3 Å². The minimum absolute atomic E-state index is 0.0401. The van der Waals surface area contributed by atoms with E-state index in [1.807, 2.05) is 46.0 Å². The number of fused-ring (bicyclic) bond motifs is 1. The highest BCUT2D eigenvalue weighted by Crippen LogP contribution is 2.38. The fourth-order valence-electron chi connectivity index (χ4n) is 5.49. The molecule has 1 aliphatic rings. The Morgan fingerprint density at radius 1 is 0.875 bits per heavy atom. The molecule has 0 bridgehead atoms. The summed E-state index contributed by atoms with van der Waals surface area (Å²) in [5, 5.41) is 24.0. The molecule has 2 heterocycles. The summed E-state index contributed by atoms with van der Waals surface area (Å²) in [6.45, 7) is 6.39. The molecule has 0 spiro atoms. The van der Waals surface area contributed by atoms with Gasteiger partial charge >= 0.3 is 0 Å². The molecule has 0 radical (unpaired) electrons. The second-order valence-corrected chi connectivity index (χ2v) is 10.1. The van der Waals surface area contributed by atoms with Crippen LogP contribution in [0.5, 0.6) is 0 Å². The summed E-state index contributed by atoms with van der Waals surface area (Å²) in [6, 6.07) is 21.0. The van der Waals surface area contributed by atoms with Crippen LogP contribution >= 0.6 is 0 Å². The number of aromatic nitrogens is 1. The average molecular weight is 542 g/mol. The highest BCUT2D eigenvalue weighted by Gasteiger charge is 2.28. The van der Waals surface area contributed by atoms with Crippen molar-refractivity contribution in [2.75, 3.05) is 32.7 Å². The number of likely N-dealkylation sites (N-methyl/N-ethyl adjacent to an activating group) is 1. The molecule has 1 fully saturated rings. The van der Waals surface area contributed by atoms with Gasteiger partial charge < -0.3 is 14.4 Å². The monoisotopic (exact) mass is 541 g/mol. The van der Waals surface area contributed by atoms with Crippen LogP contribution in [0.4, 0.5) is 11.4 Å². The van der Waals surface area contributed by atoms with Crippen molar-refractivity contribution < 1.29 is 14.6 Å². The van der Waals surface area contributed by atoms with Crippen LogP contribution in [0.1, 0.15) is 36.0 Å². The van der Waals surface area contributed by atoms with Gasteiger partial charge in [-0.25, -0.2) is 0 Å². The van der Waals surface area contributed by atoms with E-state index in [0.717, 1.165) is 36.3 Å². The van der Waals surface area contributed by atoms with Crippen molar-refractivity contribution in [2.24, 2.45) is 0 Å². The first-order valence-electron chi connectivity index (χ1n) is 13.4. The van der Waals surface area contributed by atoms with Crippen molar-refractivity contribution in [1.29, 1.82) is 0 Å². The molecule has 3 aromatic carbocycles. The van der Waals surface area contributed by atoms with E-state index in [1.165, 1.54) is 18.2 Å². The fraction of sp³-hybridized carbons (Fsp3) is 0.300. The van der Waals surface area contributed by atoms with Crippen molar-refractivity contribution in [1.82, 2.24) is 14.4 Å². The molecule has 0 saturated carbocycles. The molecule has 40 heavy (non-hydrogen) atoms. The number of nitro groups is 2. The van der Waals surface area contributed by atoms with Gasteiger partial charge in [-0.2, -0.15) is 0 Å². The van der Waals surface area contributed by atoms with Gasteiger partial charge in [0.15, 0.2) is 0 Å². The Morgan fingerprint density at radius 3 is 2.25 bits per heavy atom. The maximum Gasteiger partial charge on any atom is 0.270 e. The Bertz CT molecular complexity index is 1540. The Labute approximate surface area is 231 Å². The highest BCUT2D eigenvalue weighted by molar-refractivity contribution is 5.88. The van der Waals surface area contributed by atoms with E-state index in [9.17, 15) is 25.0 Å². The second-order valence-electron chi connectivity index (χ2n) is 10.1. The van der Waals surface area contributed by atoms with Gasteiger partial charge in [0.1, 0.15) is 0 Å². The molecule has 206 valence electrons. The third-order valence-corrected chi connectivity index (χ3v) is 7.71. The first kappa shape index (κ1) is 27.0. The van der Waals surface area contributed by atoms with Crippen LogP contribution in [0.3, 0.4) is 0 Å². The van der Waals surface area contributed by atoms with E-state index in [4.69, 9.17) is 0 Å². The van der Waals surface area contributed by atoms with Gasteiger partial charge in [-0.15, -0.1) is 0 Å². The molecule has 10 heteroatoms. The van der Waals surface area contributed by atoms with E-state index in [0.29, 0.717) is 30.6 Å². The quantitative estimate of drug-likeness (QED) is 0.213. The molecule has 4 aromatic rings. The number of hydrogen-bond donors (Lipinski definition) is 0. The smallest absolute Gasteiger partial charge is 0.270 e. The van der Waals surface area contributed by atoms with E-state index < -0.39 is 15.8 Å². The van der Waals surface area contributed by atoms with Gasteiger partial charge in [-0.3, -0.25) is 25.0 Å². The number of amides is 1. The number of nitro benzene ring substituents is 2. The number of carbonyl (C=O) groups is 1. The molecular formula is C30H31N5O5. The number of non-ortho nitro benzene ring substituents is 2. The van der Waals surface area contributed by atoms with Crippen molar-refractivity contribution in [2.45, 2.75) is 25.8 Å². The lowest BCUT2D eigenvalue weighted by atomic mass is 9.87. The van der Waals surface area contributed by atoms with Gasteiger partial charge in [0, 0.05) is 86.4 Å². The largest absolute Gasteiger partial charge is 0.343 e. The minimum atomic E-state index is -0.530. The molecule has 1 amide bonds. The van der Waals surface area contributed by atoms with E-state index >= 15 is 0 Å². The predicted molar refractivity (Wildman–Crippen MR) is 152 cm³/mol. The van der Waals surface area contributed by atoms with Crippen LogP contribution in [0.2, 0.25) is 0 Å². The maximum absolute atomic E-state index is 13.6. The van der Waals surface area contributed by atoms with E-state index in [-0.39, 0.29) is 23.7 Å². The first-order valence-corrected chi connectivity index (χ1v) is 13.4. The van der Waals surface area contributed by atoms with Crippen molar-refractivity contribution in [3.05, 3.63) is 116 Å². The molecule has 0 unspecified atom stereocenters. The highest BCUT2D eigenvalue weighted by atomic mass is 16.6. The van der Waals surface area contributed by atoms with Crippen LogP contribution in [-0.2, 0) is 11.3 Å². The summed E-state index contributed by atoms with van der Waals surface area (Å²) in [7, 11) is 0. The van der Waals surface area contributed by atoms with Crippen LogP contribution in [0, 0.1) is 20.2 Å². The molecule has 10 nitrogen and oxygen atoms in total. The molecule has 0 N–H and O–H groups in total. The summed E-state index contributed by atoms with van der Waals surface area (Å²) in [4.78, 5) is 40.2. The zero-order valence-electron chi connectivity index (χ0n) is 22.3. The zero-order valence-corrected chi connectivity index (χ0v) is 22.3. The molecule has 0 aliphatic carbocycles. The third-order valence-electron chi connectivity index (χ3n) is 7.71. The number of hydrogen-bond acceptors (Lipinski definition) is 6. The Morgan fingerprint density at radius 2 is 1.57 bits per heavy atom. The topological polar surface area (TPSA) is 115 Å². The van der Waals surface area contributed by atoms with Gasteiger partial charge in [-0.05, 0) is 29.3 Å². The lowest BCUT2D eigenvalue weighted by Crippen LogP contribution is -2.48. The Kier molecular flexibility index (Phi) is 7.88. The van der Waals surface area contributed by atoms with Crippen LogP contribution in [0.15, 0.2) is 79.0 Å². The molecule has 5 rings (SSSR count). The standard InChI is InChI=1S/C30H31N5O5/c1-2-31-13-15-32(16-14-31)30(36)19-26(23-9-6-10-24(17-23)34(37)38)28-21-33(20-22-7-4-3-5-8-22)29-12-11-25(35(39)40)18-27(28)29/h3-12,17-18,21,26H,2,13-16,19-20H2,1H3/t26-/m1/s1. The molecular weight excluding hydrogens is 510 g/mol. The minimum Gasteiger partial charge on any atom is -0.343 e. The molecule has 1 aliphatic heterocycles. The second kappa shape index (κ2) is 11.7. The summed E-state index contributed by atoms with van der Waals surface area (Å²) in [5.41, 5.74) is 3.09. The third kappa shape index (κ3) is 5.72. The van der Waals surface area contributed by atoms with Crippen molar-refractivity contribution in [3.63, 3.8) is 0 Å². The van der Waals surface area contributed by atoms with Crippen LogP contribution in [0.25, 0.3) is 10.9 Å². The van der Waals surface area contributed by atoms with Gasteiger partial charge in [0.25, 0.3) is 11.4 Å². The lowest BCUT2D eigenvalue weighted by Gasteiger charge is -2.34. The number of piperazine rings is 1. The SMILES string of the molecule is CCN1CCN(C(=O)C[C@H](c2cccc([N+](=O)[O-])c2)c2cn(Cc3ccccc3)c3ccc([N+](=O)[O-])cc23)CC1. The maximum atomic E-state index is 13.6. The Balaban J connectivity index is 1.61. The summed E-state index contributed by atoms with van der Waals surface area (Å²) < 4.78 is 2.03. The van der Waals surface area contributed by atoms with Crippen molar-refractivity contribution in [3.8, 4) is 0 Å². The first-order chi connectivity index (χ1) is 19.3. The molecule has 1 saturated heterocycles. The number of nitrogens with zero attached hydrogens (tertiary/aromatic N) is 5. The van der Waals surface area contributed by atoms with Gasteiger partial charge in [0.05, 0.1) is 9.85 Å². The fourth-order valence-corrected chi connectivity index (χ4v) is 5.49. The predicted octanol–water partition coefficient (Wildman–Crippen LogP) is 5.19. The van der Waals surface area contributed by atoms with Crippen LogP contribution < -0.4 is 0 Å². The molecule has 1 aromatic heterocycles. The van der Waals surface area contributed by atoms with Crippen LogP contribution in [-0.4, -0.2) is 62.8 Å². The summed E-state index contributed by atoms with van der Waals surface area (Å²) in [5.74, 6) is -0.570. The zero-order chi connectivity index (χ0) is 28.2. The van der Waals surface area contributed by atoms with Crippen molar-refractivity contribution >= 4 is 28.2 Å². The van der Waals surface area contributed by atoms with Gasteiger partial charge in [-0.1, -0.05) is 49.4 Å². The summed E-state index contributed by atoms with van der Waals surface area (Å²) in [6.07, 6.45) is 2.04. The number of rotatable bonds is 9. The number of carbonyl (C=O) groups excluding carboxylic acids is 1. The molecule has 1 atom stereocenters. The summed E-state index contributed by atoms with van der Waals surface area (Å²) >= 11 is 0. The average Bonchev–Trinajstić information content (AvgIpc) is 3.33.